The Bertz CT molecular complexity index is 469. The minimum atomic E-state index is 0.533. The molecule has 2 aromatic rings. The van der Waals surface area contributed by atoms with Crippen LogP contribution < -0.4 is 5.73 Å². The van der Waals surface area contributed by atoms with Crippen molar-refractivity contribution in [2.45, 2.75) is 26.3 Å². The summed E-state index contributed by atoms with van der Waals surface area (Å²) in [4.78, 5) is 0. The van der Waals surface area contributed by atoms with Crippen LogP contribution in [0.25, 0.3) is 0 Å². The van der Waals surface area contributed by atoms with Crippen LogP contribution in [-0.4, -0.2) is 24.8 Å². The van der Waals surface area contributed by atoms with Crippen molar-refractivity contribution in [3.8, 4) is 0 Å². The number of nitrogens with two attached hydrogens (primary N) is 1. The lowest BCUT2D eigenvalue weighted by Gasteiger charge is -2.03. The van der Waals surface area contributed by atoms with Crippen LogP contribution >= 0.6 is 0 Å². The number of aromatic nitrogens is 5. The number of hydrogen-bond acceptors (Lipinski definition) is 4. The molecule has 0 fully saturated rings. The summed E-state index contributed by atoms with van der Waals surface area (Å²) < 4.78 is 3.62. The third kappa shape index (κ3) is 2.05. The Kier molecular flexibility index (Phi) is 2.89. The van der Waals surface area contributed by atoms with Crippen LogP contribution in [-0.2, 0) is 20.0 Å². The molecular formula is C10H16N6. The molecule has 0 radical (unpaired) electrons. The molecule has 0 aliphatic rings. The maximum absolute atomic E-state index is 5.77. The molecule has 0 bridgehead atoms. The van der Waals surface area contributed by atoms with Crippen LogP contribution in [0.3, 0.4) is 0 Å². The normalized spacial score (nSPS) is 10.9. The predicted molar refractivity (Wildman–Crippen MR) is 60.7 cm³/mol. The molecule has 0 unspecified atom stereocenters. The summed E-state index contributed by atoms with van der Waals surface area (Å²) in [6.45, 7) is 2.79. The zero-order valence-electron chi connectivity index (χ0n) is 9.59. The van der Waals surface area contributed by atoms with E-state index < -0.39 is 0 Å². The summed E-state index contributed by atoms with van der Waals surface area (Å²) in [5, 5.41) is 12.1. The van der Waals surface area contributed by atoms with Crippen molar-refractivity contribution in [2.24, 2.45) is 7.05 Å². The van der Waals surface area contributed by atoms with E-state index in [2.05, 4.69) is 22.3 Å². The van der Waals surface area contributed by atoms with Crippen molar-refractivity contribution in [1.82, 2.24) is 24.8 Å². The topological polar surface area (TPSA) is 74.6 Å². The van der Waals surface area contributed by atoms with Crippen molar-refractivity contribution >= 4 is 5.82 Å². The number of hydrogen-bond donors (Lipinski definition) is 1. The molecule has 2 N–H and O–H groups in total. The van der Waals surface area contributed by atoms with E-state index in [9.17, 15) is 0 Å². The van der Waals surface area contributed by atoms with E-state index in [4.69, 9.17) is 5.73 Å². The summed E-state index contributed by atoms with van der Waals surface area (Å²) in [6, 6.07) is 0. The second kappa shape index (κ2) is 4.34. The van der Waals surface area contributed by atoms with Gasteiger partial charge in [-0.2, -0.15) is 5.10 Å². The summed E-state index contributed by atoms with van der Waals surface area (Å²) in [5.41, 5.74) is 7.88. The summed E-state index contributed by atoms with van der Waals surface area (Å²) in [5.74, 6) is 0.533. The van der Waals surface area contributed by atoms with Crippen LogP contribution in [0, 0.1) is 0 Å². The van der Waals surface area contributed by atoms with Gasteiger partial charge in [0.15, 0.2) is 5.82 Å². The SMILES string of the molecule is CCCc1c(N)nnn1Cc1cnn(C)c1. The van der Waals surface area contributed by atoms with E-state index >= 15 is 0 Å². The lowest BCUT2D eigenvalue weighted by atomic mass is 10.2. The summed E-state index contributed by atoms with van der Waals surface area (Å²) in [7, 11) is 1.89. The highest BCUT2D eigenvalue weighted by Crippen LogP contribution is 2.11. The lowest BCUT2D eigenvalue weighted by molar-refractivity contribution is 0.613. The monoisotopic (exact) mass is 220 g/mol. The lowest BCUT2D eigenvalue weighted by Crippen LogP contribution is -2.07. The van der Waals surface area contributed by atoms with Gasteiger partial charge in [0.1, 0.15) is 0 Å². The maximum atomic E-state index is 5.77. The van der Waals surface area contributed by atoms with Gasteiger partial charge in [-0.25, -0.2) is 4.68 Å². The Labute approximate surface area is 94.1 Å². The molecule has 0 aliphatic carbocycles. The molecule has 0 saturated carbocycles. The Morgan fingerprint density at radius 3 is 2.88 bits per heavy atom. The van der Waals surface area contributed by atoms with Gasteiger partial charge < -0.3 is 5.73 Å². The molecular weight excluding hydrogens is 204 g/mol. The fourth-order valence-corrected chi connectivity index (χ4v) is 1.69. The Balaban J connectivity index is 2.20. The van der Waals surface area contributed by atoms with Crippen LogP contribution in [0.2, 0.25) is 0 Å². The van der Waals surface area contributed by atoms with Crippen molar-refractivity contribution in [2.75, 3.05) is 5.73 Å². The first-order valence-corrected chi connectivity index (χ1v) is 5.36. The van der Waals surface area contributed by atoms with Gasteiger partial charge >= 0.3 is 0 Å². The molecule has 0 amide bonds. The number of nitrogen functional groups attached to an aromatic ring is 1. The van der Waals surface area contributed by atoms with Crippen LogP contribution in [0.15, 0.2) is 12.4 Å². The molecule has 2 heterocycles. The highest BCUT2D eigenvalue weighted by atomic mass is 15.4. The second-order valence-electron chi connectivity index (χ2n) is 3.85. The van der Waals surface area contributed by atoms with Gasteiger partial charge in [0, 0.05) is 18.8 Å². The smallest absolute Gasteiger partial charge is 0.169 e. The van der Waals surface area contributed by atoms with Crippen molar-refractivity contribution in [3.05, 3.63) is 23.7 Å². The van der Waals surface area contributed by atoms with Gasteiger partial charge in [-0.3, -0.25) is 4.68 Å². The van der Waals surface area contributed by atoms with E-state index in [-0.39, 0.29) is 0 Å². The molecule has 0 aromatic carbocycles. The van der Waals surface area contributed by atoms with Gasteiger partial charge in [-0.15, -0.1) is 5.10 Å². The molecule has 16 heavy (non-hydrogen) atoms. The molecule has 2 rings (SSSR count). The molecule has 6 nitrogen and oxygen atoms in total. The fraction of sp³-hybridized carbons (Fsp3) is 0.500. The summed E-state index contributed by atoms with van der Waals surface area (Å²) >= 11 is 0. The molecule has 0 atom stereocenters. The zero-order valence-corrected chi connectivity index (χ0v) is 9.59. The standard InChI is InChI=1S/C10H16N6/c1-3-4-9-10(11)13-14-16(9)7-8-5-12-15(2)6-8/h5-6H,3-4,7,11H2,1-2H3. The zero-order chi connectivity index (χ0) is 11.5. The van der Waals surface area contributed by atoms with E-state index in [0.717, 1.165) is 24.1 Å². The summed E-state index contributed by atoms with van der Waals surface area (Å²) in [6.07, 6.45) is 5.73. The molecule has 6 heteroatoms. The number of rotatable bonds is 4. The highest BCUT2D eigenvalue weighted by Gasteiger charge is 2.09. The second-order valence-corrected chi connectivity index (χ2v) is 3.85. The van der Waals surface area contributed by atoms with E-state index in [1.807, 2.05) is 24.1 Å². The van der Waals surface area contributed by atoms with Crippen LogP contribution in [0.5, 0.6) is 0 Å². The van der Waals surface area contributed by atoms with Crippen molar-refractivity contribution in [1.29, 1.82) is 0 Å². The quantitative estimate of drug-likeness (QED) is 0.818. The minimum Gasteiger partial charge on any atom is -0.381 e. The maximum Gasteiger partial charge on any atom is 0.169 e. The largest absolute Gasteiger partial charge is 0.381 e. The van der Waals surface area contributed by atoms with Crippen molar-refractivity contribution in [3.63, 3.8) is 0 Å². The van der Waals surface area contributed by atoms with Crippen LogP contribution in [0.4, 0.5) is 5.82 Å². The first-order chi connectivity index (χ1) is 7.70. The molecule has 0 aliphatic heterocycles. The van der Waals surface area contributed by atoms with Gasteiger partial charge in [-0.05, 0) is 6.42 Å². The predicted octanol–water partition coefficient (Wildman–Crippen LogP) is 0.595. The Morgan fingerprint density at radius 2 is 2.25 bits per heavy atom. The molecule has 0 saturated heterocycles. The minimum absolute atomic E-state index is 0.533. The average molecular weight is 220 g/mol. The number of anilines is 1. The highest BCUT2D eigenvalue weighted by molar-refractivity contribution is 5.33. The molecule has 0 spiro atoms. The van der Waals surface area contributed by atoms with E-state index in [1.54, 1.807) is 4.68 Å². The Morgan fingerprint density at radius 1 is 1.44 bits per heavy atom. The van der Waals surface area contributed by atoms with Gasteiger partial charge in [0.05, 0.1) is 18.4 Å². The average Bonchev–Trinajstić information content (AvgIpc) is 2.79. The molecule has 2 aromatic heterocycles. The van der Waals surface area contributed by atoms with E-state index in [0.29, 0.717) is 12.4 Å². The Hall–Kier alpha value is -1.85. The van der Waals surface area contributed by atoms with Crippen LogP contribution in [0.1, 0.15) is 24.6 Å². The number of nitrogens with zero attached hydrogens (tertiary/aromatic N) is 5. The first kappa shape index (κ1) is 10.7. The van der Waals surface area contributed by atoms with E-state index in [1.165, 1.54) is 0 Å². The first-order valence-electron chi connectivity index (χ1n) is 5.36. The fourth-order valence-electron chi connectivity index (χ4n) is 1.69. The molecule has 86 valence electrons. The van der Waals surface area contributed by atoms with Gasteiger partial charge in [-0.1, -0.05) is 18.6 Å². The van der Waals surface area contributed by atoms with Crippen molar-refractivity contribution < 1.29 is 0 Å². The number of aryl methyl sites for hydroxylation is 1. The third-order valence-corrected chi connectivity index (χ3v) is 2.45. The van der Waals surface area contributed by atoms with Gasteiger partial charge in [0.25, 0.3) is 0 Å². The van der Waals surface area contributed by atoms with Gasteiger partial charge in [0.2, 0.25) is 0 Å². The third-order valence-electron chi connectivity index (χ3n) is 2.45.